The van der Waals surface area contributed by atoms with Crippen LogP contribution in [0.4, 0.5) is 4.39 Å². The zero-order valence-corrected chi connectivity index (χ0v) is 3.97. The Hall–Kier alpha value is -1.11. The van der Waals surface area contributed by atoms with Crippen LogP contribution in [-0.2, 0) is 4.79 Å². The maximum absolute atomic E-state index is 11.3. The zero-order valence-electron chi connectivity index (χ0n) is 3.97. The lowest BCUT2D eigenvalue weighted by Gasteiger charge is -1.91. The summed E-state index contributed by atoms with van der Waals surface area (Å²) < 4.78 is 11.3. The monoisotopic (exact) mass is 117 g/mol. The number of alkyl halides is 1. The van der Waals surface area contributed by atoms with E-state index >= 15 is 0 Å². The molecular formula is C4H4FNO2. The maximum atomic E-state index is 11.3. The third-order valence-electron chi connectivity index (χ3n) is 0.608. The molecule has 0 saturated heterocycles. The number of halogens is 1. The number of carboxylic acids is 1. The van der Waals surface area contributed by atoms with Crippen molar-refractivity contribution in [2.24, 2.45) is 5.92 Å². The molecule has 0 aromatic rings. The van der Waals surface area contributed by atoms with Gasteiger partial charge in [0.15, 0.2) is 5.92 Å². The fourth-order valence-electron chi connectivity index (χ4n) is 0.156. The van der Waals surface area contributed by atoms with Gasteiger partial charge < -0.3 is 5.11 Å². The highest BCUT2D eigenvalue weighted by atomic mass is 19.1. The van der Waals surface area contributed by atoms with Gasteiger partial charge in [-0.2, -0.15) is 5.26 Å². The van der Waals surface area contributed by atoms with E-state index < -0.39 is 18.6 Å². The van der Waals surface area contributed by atoms with Crippen LogP contribution < -0.4 is 0 Å². The molecule has 1 N–H and O–H groups in total. The third-order valence-corrected chi connectivity index (χ3v) is 0.608. The van der Waals surface area contributed by atoms with Crippen molar-refractivity contribution < 1.29 is 14.3 Å². The molecule has 0 radical (unpaired) electrons. The van der Waals surface area contributed by atoms with Gasteiger partial charge in [-0.05, 0) is 0 Å². The van der Waals surface area contributed by atoms with Gasteiger partial charge in [-0.1, -0.05) is 0 Å². The standard InChI is InChI=1S/C4H4FNO2/c5-1-3(2-6)4(7)8/h3H,1H2,(H,7,8). The van der Waals surface area contributed by atoms with Crippen molar-refractivity contribution in [1.29, 1.82) is 5.26 Å². The summed E-state index contributed by atoms with van der Waals surface area (Å²) in [6, 6.07) is 1.28. The number of hydrogen-bond acceptors (Lipinski definition) is 2. The van der Waals surface area contributed by atoms with Crippen molar-refractivity contribution in [3.8, 4) is 6.07 Å². The van der Waals surface area contributed by atoms with Crippen LogP contribution in [-0.4, -0.2) is 17.8 Å². The van der Waals surface area contributed by atoms with Crippen LogP contribution in [0.5, 0.6) is 0 Å². The summed E-state index contributed by atoms with van der Waals surface area (Å²) in [5, 5.41) is 15.7. The predicted octanol–water partition coefficient (Wildman–Crippen LogP) is 0.180. The van der Waals surface area contributed by atoms with Crippen molar-refractivity contribution in [3.63, 3.8) is 0 Å². The fourth-order valence-corrected chi connectivity index (χ4v) is 0.156. The Morgan fingerprint density at radius 2 is 2.50 bits per heavy atom. The molecule has 0 aliphatic heterocycles. The van der Waals surface area contributed by atoms with Gasteiger partial charge in [0.2, 0.25) is 0 Å². The number of hydrogen-bond donors (Lipinski definition) is 1. The highest BCUT2D eigenvalue weighted by Crippen LogP contribution is 1.93. The lowest BCUT2D eigenvalue weighted by molar-refractivity contribution is -0.140. The van der Waals surface area contributed by atoms with E-state index in [1.54, 1.807) is 0 Å². The van der Waals surface area contributed by atoms with Gasteiger partial charge in [0.05, 0.1) is 6.07 Å². The molecule has 0 heterocycles. The van der Waals surface area contributed by atoms with Crippen LogP contribution in [0.2, 0.25) is 0 Å². The molecule has 44 valence electrons. The van der Waals surface area contributed by atoms with E-state index in [-0.39, 0.29) is 0 Å². The van der Waals surface area contributed by atoms with Crippen LogP contribution in [0.1, 0.15) is 0 Å². The van der Waals surface area contributed by atoms with Gasteiger partial charge >= 0.3 is 5.97 Å². The molecule has 0 aliphatic carbocycles. The van der Waals surface area contributed by atoms with Gasteiger partial charge in [-0.3, -0.25) is 4.79 Å². The second-order valence-corrected chi connectivity index (χ2v) is 1.17. The molecule has 0 aromatic carbocycles. The minimum absolute atomic E-state index is 1.12. The Labute approximate surface area is 45.3 Å². The summed E-state index contributed by atoms with van der Waals surface area (Å²) in [4.78, 5) is 9.70. The first kappa shape index (κ1) is 6.89. The molecule has 0 bridgehead atoms. The average Bonchev–Trinajstić information content (AvgIpc) is 1.69. The van der Waals surface area contributed by atoms with Gasteiger partial charge in [0.25, 0.3) is 0 Å². The van der Waals surface area contributed by atoms with Crippen molar-refractivity contribution in [1.82, 2.24) is 0 Å². The Kier molecular flexibility index (Phi) is 2.56. The molecule has 0 aromatic heterocycles. The van der Waals surface area contributed by atoms with Crippen molar-refractivity contribution in [2.75, 3.05) is 6.67 Å². The van der Waals surface area contributed by atoms with E-state index in [4.69, 9.17) is 10.4 Å². The van der Waals surface area contributed by atoms with Crippen LogP contribution in [0.3, 0.4) is 0 Å². The lowest BCUT2D eigenvalue weighted by Crippen LogP contribution is -2.12. The topological polar surface area (TPSA) is 61.1 Å². The van der Waals surface area contributed by atoms with Gasteiger partial charge in [-0.25, -0.2) is 4.39 Å². The largest absolute Gasteiger partial charge is 0.480 e. The lowest BCUT2D eigenvalue weighted by atomic mass is 10.2. The van der Waals surface area contributed by atoms with E-state index in [2.05, 4.69) is 0 Å². The predicted molar refractivity (Wildman–Crippen MR) is 22.7 cm³/mol. The first-order valence-corrected chi connectivity index (χ1v) is 1.90. The number of carbonyl (C=O) groups is 1. The highest BCUT2D eigenvalue weighted by molar-refractivity contribution is 5.72. The Morgan fingerprint density at radius 3 is 2.50 bits per heavy atom. The van der Waals surface area contributed by atoms with E-state index in [1.807, 2.05) is 0 Å². The van der Waals surface area contributed by atoms with Gasteiger partial charge in [0, 0.05) is 0 Å². The Bertz CT molecular complexity index is 128. The summed E-state index contributed by atoms with van der Waals surface area (Å²) in [6.07, 6.45) is 0. The number of nitrogens with zero attached hydrogens (tertiary/aromatic N) is 1. The quantitative estimate of drug-likeness (QED) is 0.561. The van der Waals surface area contributed by atoms with Crippen LogP contribution in [0.25, 0.3) is 0 Å². The van der Waals surface area contributed by atoms with Crippen molar-refractivity contribution in [2.45, 2.75) is 0 Å². The summed E-state index contributed by atoms with van der Waals surface area (Å²) in [5.74, 6) is -2.90. The van der Waals surface area contributed by atoms with Gasteiger partial charge in [-0.15, -0.1) is 0 Å². The highest BCUT2D eigenvalue weighted by Gasteiger charge is 2.14. The molecule has 4 heteroatoms. The first-order chi connectivity index (χ1) is 3.72. The third kappa shape index (κ3) is 1.56. The van der Waals surface area contributed by atoms with E-state index in [0.29, 0.717) is 0 Å². The Morgan fingerprint density at radius 1 is 2.00 bits per heavy atom. The SMILES string of the molecule is N#CC(CF)C(=O)O. The number of aliphatic carboxylic acids is 1. The molecule has 1 atom stereocenters. The zero-order chi connectivity index (χ0) is 6.57. The molecule has 0 rings (SSSR count). The normalized spacial score (nSPS) is 12.0. The average molecular weight is 117 g/mol. The Balaban J connectivity index is 3.76. The molecule has 3 nitrogen and oxygen atoms in total. The smallest absolute Gasteiger partial charge is 0.323 e. The summed E-state index contributed by atoms with van der Waals surface area (Å²) in [7, 11) is 0. The number of rotatable bonds is 2. The molecule has 8 heavy (non-hydrogen) atoms. The van der Waals surface area contributed by atoms with Crippen LogP contribution in [0, 0.1) is 17.2 Å². The number of nitriles is 1. The fraction of sp³-hybridized carbons (Fsp3) is 0.500. The molecule has 0 saturated carbocycles. The maximum Gasteiger partial charge on any atom is 0.323 e. The first-order valence-electron chi connectivity index (χ1n) is 1.90. The summed E-state index contributed by atoms with van der Waals surface area (Å²) in [6.45, 7) is -1.12. The molecule has 0 aliphatic rings. The molecule has 1 unspecified atom stereocenters. The number of carboxylic acid groups (broad SMARTS) is 1. The second kappa shape index (κ2) is 2.97. The summed E-state index contributed by atoms with van der Waals surface area (Å²) in [5.41, 5.74) is 0. The van der Waals surface area contributed by atoms with Gasteiger partial charge in [0.1, 0.15) is 6.67 Å². The van der Waals surface area contributed by atoms with E-state index in [0.717, 1.165) is 0 Å². The van der Waals surface area contributed by atoms with E-state index in [9.17, 15) is 9.18 Å². The minimum Gasteiger partial charge on any atom is -0.480 e. The van der Waals surface area contributed by atoms with Crippen LogP contribution >= 0.6 is 0 Å². The molecule has 0 fully saturated rings. The minimum atomic E-state index is -1.49. The molecule has 0 spiro atoms. The second-order valence-electron chi connectivity index (χ2n) is 1.17. The van der Waals surface area contributed by atoms with Crippen molar-refractivity contribution >= 4 is 5.97 Å². The molecule has 0 amide bonds. The molecular weight excluding hydrogens is 113 g/mol. The van der Waals surface area contributed by atoms with Crippen molar-refractivity contribution in [3.05, 3.63) is 0 Å². The van der Waals surface area contributed by atoms with E-state index in [1.165, 1.54) is 6.07 Å². The van der Waals surface area contributed by atoms with Crippen LogP contribution in [0.15, 0.2) is 0 Å². The summed E-state index contributed by atoms with van der Waals surface area (Å²) >= 11 is 0.